The normalized spacial score (nSPS) is 32.4. The first-order valence-electron chi connectivity index (χ1n) is 10.4. The van der Waals surface area contributed by atoms with Crippen LogP contribution in [-0.2, 0) is 25.6 Å². The van der Waals surface area contributed by atoms with Crippen LogP contribution in [-0.4, -0.2) is 31.4 Å². The van der Waals surface area contributed by atoms with Gasteiger partial charge in [0.1, 0.15) is 5.78 Å². The molecule has 1 saturated carbocycles. The maximum Gasteiger partial charge on any atom is 0.165 e. The van der Waals surface area contributed by atoms with Crippen LogP contribution in [0.1, 0.15) is 52.0 Å². The number of ketones is 1. The van der Waals surface area contributed by atoms with Crippen LogP contribution in [0, 0.1) is 16.7 Å². The van der Waals surface area contributed by atoms with E-state index in [1.54, 1.807) is 0 Å². The molecule has 1 saturated heterocycles. The number of carbonyl (C=O) groups excluding carboxylic acids is 1. The molecule has 0 amide bonds. The van der Waals surface area contributed by atoms with Crippen LogP contribution < -0.4 is 0 Å². The highest BCUT2D eigenvalue weighted by Crippen LogP contribution is 2.55. The van der Waals surface area contributed by atoms with E-state index in [4.69, 9.17) is 14.2 Å². The fraction of sp³-hybridized carbons (Fsp3) is 0.625. The van der Waals surface area contributed by atoms with Crippen molar-refractivity contribution in [3.63, 3.8) is 0 Å². The molecule has 4 heteroatoms. The Kier molecular flexibility index (Phi) is 6.43. The molecule has 28 heavy (non-hydrogen) atoms. The van der Waals surface area contributed by atoms with Crippen molar-refractivity contribution < 1.29 is 19.0 Å². The summed E-state index contributed by atoms with van der Waals surface area (Å²) in [5, 5.41) is 0. The fourth-order valence-corrected chi connectivity index (χ4v) is 4.76. The van der Waals surface area contributed by atoms with Gasteiger partial charge in [-0.2, -0.15) is 0 Å². The molecule has 1 aromatic carbocycles. The predicted molar refractivity (Wildman–Crippen MR) is 110 cm³/mol. The standard InChI is InChI=1S/C24H34O4/c1-5-22(2)20(18-26-17-19-9-7-6-8-10-19)11-12-21(25)23(22,3)13-14-24(4)27-15-16-28-24/h5-10,20H,1,11-18H2,2-4H3/t20-,22-,23-/m0/s1. The summed E-state index contributed by atoms with van der Waals surface area (Å²) in [6.07, 6.45) is 4.85. The number of hydrogen-bond acceptors (Lipinski definition) is 4. The fourth-order valence-electron chi connectivity index (χ4n) is 4.76. The minimum atomic E-state index is -0.581. The molecule has 2 fully saturated rings. The summed E-state index contributed by atoms with van der Waals surface area (Å²) in [6, 6.07) is 10.2. The van der Waals surface area contributed by atoms with Gasteiger partial charge in [-0.05, 0) is 31.2 Å². The second-order valence-corrected chi connectivity index (χ2v) is 8.81. The van der Waals surface area contributed by atoms with Crippen LogP contribution in [0.2, 0.25) is 0 Å². The summed E-state index contributed by atoms with van der Waals surface area (Å²) in [7, 11) is 0. The molecule has 2 aliphatic rings. The lowest BCUT2D eigenvalue weighted by molar-refractivity contribution is -0.165. The van der Waals surface area contributed by atoms with Crippen LogP contribution in [0.4, 0.5) is 0 Å². The number of carbonyl (C=O) groups is 1. The molecule has 154 valence electrons. The van der Waals surface area contributed by atoms with E-state index in [2.05, 4.69) is 32.6 Å². The second-order valence-electron chi connectivity index (χ2n) is 8.81. The third-order valence-electron chi connectivity index (χ3n) is 7.20. The first kappa shape index (κ1) is 21.2. The van der Waals surface area contributed by atoms with Crippen molar-refractivity contribution in [2.75, 3.05) is 19.8 Å². The maximum atomic E-state index is 13.1. The van der Waals surface area contributed by atoms with Gasteiger partial charge in [0.25, 0.3) is 0 Å². The zero-order valence-corrected chi connectivity index (χ0v) is 17.5. The summed E-state index contributed by atoms with van der Waals surface area (Å²) in [5.41, 5.74) is 0.348. The quantitative estimate of drug-likeness (QED) is 0.595. The Morgan fingerprint density at radius 3 is 2.46 bits per heavy atom. The number of hydrogen-bond donors (Lipinski definition) is 0. The van der Waals surface area contributed by atoms with Gasteiger partial charge in [0.05, 0.1) is 26.4 Å². The number of allylic oxidation sites excluding steroid dienone is 1. The first-order chi connectivity index (χ1) is 13.3. The molecule has 1 heterocycles. The van der Waals surface area contributed by atoms with Crippen molar-refractivity contribution in [1.82, 2.24) is 0 Å². The lowest BCUT2D eigenvalue weighted by atomic mass is 9.51. The van der Waals surface area contributed by atoms with Gasteiger partial charge in [0, 0.05) is 23.7 Å². The SMILES string of the molecule is C=C[C@@]1(C)[C@H](COCc2ccccc2)CCC(=O)[C@]1(C)CCC1(C)OCCO1. The number of ether oxygens (including phenoxy) is 3. The van der Waals surface area contributed by atoms with Gasteiger partial charge in [-0.15, -0.1) is 6.58 Å². The third-order valence-corrected chi connectivity index (χ3v) is 7.20. The highest BCUT2D eigenvalue weighted by Gasteiger charge is 2.55. The molecule has 0 spiro atoms. The number of rotatable bonds is 8. The lowest BCUT2D eigenvalue weighted by Gasteiger charge is -2.52. The van der Waals surface area contributed by atoms with E-state index in [0.717, 1.165) is 12.8 Å². The van der Waals surface area contributed by atoms with Crippen LogP contribution in [0.25, 0.3) is 0 Å². The molecule has 0 unspecified atom stereocenters. The van der Waals surface area contributed by atoms with Gasteiger partial charge in [-0.3, -0.25) is 4.79 Å². The monoisotopic (exact) mass is 386 g/mol. The molecule has 1 aliphatic carbocycles. The van der Waals surface area contributed by atoms with Crippen LogP contribution in [0.5, 0.6) is 0 Å². The van der Waals surface area contributed by atoms with E-state index < -0.39 is 11.2 Å². The Labute approximate surface area is 169 Å². The third kappa shape index (κ3) is 4.10. The van der Waals surface area contributed by atoms with Crippen molar-refractivity contribution in [3.8, 4) is 0 Å². The van der Waals surface area contributed by atoms with Gasteiger partial charge >= 0.3 is 0 Å². The van der Waals surface area contributed by atoms with Crippen molar-refractivity contribution >= 4 is 5.78 Å². The van der Waals surface area contributed by atoms with Gasteiger partial charge in [0.2, 0.25) is 0 Å². The molecule has 1 aliphatic heterocycles. The van der Waals surface area contributed by atoms with Crippen molar-refractivity contribution in [2.45, 2.75) is 58.8 Å². The van der Waals surface area contributed by atoms with E-state index in [-0.39, 0.29) is 11.3 Å². The molecule has 0 N–H and O–H groups in total. The lowest BCUT2D eigenvalue weighted by Crippen LogP contribution is -2.52. The van der Waals surface area contributed by atoms with Gasteiger partial charge in [0.15, 0.2) is 5.79 Å². The molecule has 1 aromatic rings. The van der Waals surface area contributed by atoms with Crippen LogP contribution in [0.15, 0.2) is 43.0 Å². The van der Waals surface area contributed by atoms with E-state index in [1.165, 1.54) is 5.56 Å². The zero-order chi connectivity index (χ0) is 20.3. The summed E-state index contributed by atoms with van der Waals surface area (Å²) in [6.45, 7) is 12.8. The molecule has 4 nitrogen and oxygen atoms in total. The topological polar surface area (TPSA) is 44.8 Å². The molecule has 0 bridgehead atoms. The van der Waals surface area contributed by atoms with E-state index >= 15 is 0 Å². The molecule has 3 atom stereocenters. The van der Waals surface area contributed by atoms with Crippen molar-refractivity contribution in [1.29, 1.82) is 0 Å². The van der Waals surface area contributed by atoms with Crippen LogP contribution >= 0.6 is 0 Å². The second kappa shape index (κ2) is 8.48. The number of Topliss-reactive ketones (excluding diaryl/α,β-unsaturated/α-hetero) is 1. The summed E-state index contributed by atoms with van der Waals surface area (Å²) < 4.78 is 17.6. The van der Waals surface area contributed by atoms with E-state index in [1.807, 2.05) is 31.2 Å². The Hall–Kier alpha value is -1.49. The van der Waals surface area contributed by atoms with Gasteiger partial charge in [-0.1, -0.05) is 50.3 Å². The highest BCUT2D eigenvalue weighted by atomic mass is 16.7. The van der Waals surface area contributed by atoms with E-state index in [0.29, 0.717) is 45.1 Å². The van der Waals surface area contributed by atoms with Crippen molar-refractivity contribution in [2.24, 2.45) is 16.7 Å². The van der Waals surface area contributed by atoms with Crippen LogP contribution in [0.3, 0.4) is 0 Å². The van der Waals surface area contributed by atoms with Gasteiger partial charge in [-0.25, -0.2) is 0 Å². The Morgan fingerprint density at radius 2 is 1.82 bits per heavy atom. The maximum absolute atomic E-state index is 13.1. The molecule has 0 aromatic heterocycles. The number of benzene rings is 1. The minimum Gasteiger partial charge on any atom is -0.376 e. The predicted octanol–water partition coefficient (Wildman–Crippen LogP) is 4.92. The smallest absolute Gasteiger partial charge is 0.165 e. The largest absolute Gasteiger partial charge is 0.376 e. The zero-order valence-electron chi connectivity index (χ0n) is 17.5. The first-order valence-corrected chi connectivity index (χ1v) is 10.4. The molecular weight excluding hydrogens is 352 g/mol. The summed E-state index contributed by atoms with van der Waals surface area (Å²) in [4.78, 5) is 13.1. The Balaban J connectivity index is 1.69. The molecule has 0 radical (unpaired) electrons. The molecular formula is C24H34O4. The highest BCUT2D eigenvalue weighted by molar-refractivity contribution is 5.86. The Morgan fingerprint density at radius 1 is 1.14 bits per heavy atom. The summed E-state index contributed by atoms with van der Waals surface area (Å²) in [5.74, 6) is -0.00675. The summed E-state index contributed by atoms with van der Waals surface area (Å²) >= 11 is 0. The van der Waals surface area contributed by atoms with Crippen molar-refractivity contribution in [3.05, 3.63) is 48.6 Å². The van der Waals surface area contributed by atoms with Gasteiger partial charge < -0.3 is 14.2 Å². The molecule has 3 rings (SSSR count). The van der Waals surface area contributed by atoms with E-state index in [9.17, 15) is 4.79 Å². The average Bonchev–Trinajstić information content (AvgIpc) is 3.14. The Bertz CT molecular complexity index is 679. The minimum absolute atomic E-state index is 0.259. The average molecular weight is 387 g/mol.